The number of rotatable bonds is 5. The molecule has 100 valence electrons. The fourth-order valence-corrected chi connectivity index (χ4v) is 4.15. The van der Waals surface area contributed by atoms with E-state index in [0.717, 1.165) is 12.8 Å². The number of nitrogens with two attached hydrogens (primary N) is 1. The number of carbonyl (C=O) groups is 1. The number of hydrogen-bond donors (Lipinski definition) is 2. The number of sulfone groups is 1. The number of carbonyl (C=O) groups excluding carboxylic acids is 1. The van der Waals surface area contributed by atoms with Gasteiger partial charge in [-0.15, -0.1) is 0 Å². The Hall–Kier alpha value is -0.620. The van der Waals surface area contributed by atoms with Crippen molar-refractivity contribution in [2.45, 2.75) is 51.1 Å². The van der Waals surface area contributed by atoms with Crippen molar-refractivity contribution in [2.24, 2.45) is 5.73 Å². The molecule has 0 bridgehead atoms. The monoisotopic (exact) mass is 262 g/mol. The topological polar surface area (TPSA) is 89.3 Å². The van der Waals surface area contributed by atoms with Crippen molar-refractivity contribution >= 4 is 15.7 Å². The smallest absolute Gasteiger partial charge is 0.237 e. The van der Waals surface area contributed by atoms with Crippen molar-refractivity contribution in [3.63, 3.8) is 0 Å². The predicted octanol–water partition coefficient (Wildman–Crippen LogP) is 0.197. The molecule has 0 radical (unpaired) electrons. The van der Waals surface area contributed by atoms with E-state index in [1.807, 2.05) is 6.92 Å². The summed E-state index contributed by atoms with van der Waals surface area (Å²) in [6.07, 6.45) is 3.02. The Kier molecular flexibility index (Phi) is 4.55. The molecule has 1 rings (SSSR count). The summed E-state index contributed by atoms with van der Waals surface area (Å²) in [5.41, 5.74) is 5.11. The molecule has 2 atom stereocenters. The van der Waals surface area contributed by atoms with Gasteiger partial charge in [0.2, 0.25) is 5.91 Å². The predicted molar refractivity (Wildman–Crippen MR) is 67.3 cm³/mol. The second-order valence-corrected chi connectivity index (χ2v) is 7.32. The summed E-state index contributed by atoms with van der Waals surface area (Å²) < 4.78 is 22.8. The third kappa shape index (κ3) is 4.27. The Balaban J connectivity index is 2.51. The van der Waals surface area contributed by atoms with Gasteiger partial charge in [-0.1, -0.05) is 19.8 Å². The van der Waals surface area contributed by atoms with Crippen molar-refractivity contribution in [1.82, 2.24) is 5.32 Å². The van der Waals surface area contributed by atoms with Gasteiger partial charge >= 0.3 is 0 Å². The quantitative estimate of drug-likeness (QED) is 0.740. The zero-order valence-corrected chi connectivity index (χ0v) is 11.3. The molecular weight excluding hydrogens is 240 g/mol. The summed E-state index contributed by atoms with van der Waals surface area (Å²) in [7, 11) is -3.00. The molecule has 17 heavy (non-hydrogen) atoms. The van der Waals surface area contributed by atoms with Crippen LogP contribution >= 0.6 is 0 Å². The molecule has 0 spiro atoms. The van der Waals surface area contributed by atoms with Gasteiger partial charge in [-0.3, -0.25) is 4.79 Å². The lowest BCUT2D eigenvalue weighted by atomic mass is 10.0. The summed E-state index contributed by atoms with van der Waals surface area (Å²) in [5.74, 6) is -0.0710. The second-order valence-electron chi connectivity index (χ2n) is 5.14. The number of unbranched alkanes of at least 4 members (excludes halogenated alkanes) is 1. The zero-order valence-electron chi connectivity index (χ0n) is 10.5. The molecule has 0 aliphatic carbocycles. The van der Waals surface area contributed by atoms with E-state index in [2.05, 4.69) is 5.32 Å². The lowest BCUT2D eigenvalue weighted by Crippen LogP contribution is -2.52. The Morgan fingerprint density at radius 1 is 1.53 bits per heavy atom. The van der Waals surface area contributed by atoms with Crippen molar-refractivity contribution in [3.05, 3.63) is 0 Å². The lowest BCUT2D eigenvalue weighted by Gasteiger charge is -2.25. The van der Waals surface area contributed by atoms with E-state index >= 15 is 0 Å². The first-order valence-corrected chi connectivity index (χ1v) is 7.88. The van der Waals surface area contributed by atoms with Crippen LogP contribution in [0.1, 0.15) is 39.5 Å². The van der Waals surface area contributed by atoms with Crippen LogP contribution in [-0.2, 0) is 14.6 Å². The van der Waals surface area contributed by atoms with Gasteiger partial charge < -0.3 is 11.1 Å². The normalized spacial score (nSPS) is 28.9. The summed E-state index contributed by atoms with van der Waals surface area (Å²) in [4.78, 5) is 11.8. The summed E-state index contributed by atoms with van der Waals surface area (Å²) in [5, 5.41) is 2.78. The Bertz CT molecular complexity index is 380. The molecule has 3 N–H and O–H groups in total. The maximum absolute atomic E-state index is 11.8. The van der Waals surface area contributed by atoms with Crippen LogP contribution in [0.5, 0.6) is 0 Å². The molecule has 0 saturated carbocycles. The average Bonchev–Trinajstić information content (AvgIpc) is 2.49. The molecule has 1 fully saturated rings. The Labute approximate surface area is 103 Å². The van der Waals surface area contributed by atoms with Gasteiger partial charge in [0.1, 0.15) is 0 Å². The molecular formula is C11H22N2O3S. The van der Waals surface area contributed by atoms with E-state index in [1.165, 1.54) is 0 Å². The molecule has 0 aromatic carbocycles. The van der Waals surface area contributed by atoms with Gasteiger partial charge in [-0.25, -0.2) is 8.42 Å². The fourth-order valence-electron chi connectivity index (χ4n) is 2.05. The highest BCUT2D eigenvalue weighted by atomic mass is 32.2. The van der Waals surface area contributed by atoms with E-state index in [9.17, 15) is 13.2 Å². The molecule has 5 nitrogen and oxygen atoms in total. The highest BCUT2D eigenvalue weighted by molar-refractivity contribution is 7.91. The van der Waals surface area contributed by atoms with Crippen LogP contribution in [0.25, 0.3) is 0 Å². The van der Waals surface area contributed by atoms with E-state index in [1.54, 1.807) is 6.92 Å². The van der Waals surface area contributed by atoms with Gasteiger partial charge in [0.15, 0.2) is 9.84 Å². The molecule has 0 aromatic heterocycles. The van der Waals surface area contributed by atoms with E-state index in [4.69, 9.17) is 5.73 Å². The summed E-state index contributed by atoms with van der Waals surface area (Å²) in [6, 6.07) is -0.532. The molecule has 0 aromatic rings. The van der Waals surface area contributed by atoms with Crippen molar-refractivity contribution in [3.8, 4) is 0 Å². The first-order valence-electron chi connectivity index (χ1n) is 6.06. The Morgan fingerprint density at radius 3 is 2.65 bits per heavy atom. The molecule has 1 heterocycles. The third-order valence-electron chi connectivity index (χ3n) is 3.13. The highest BCUT2D eigenvalue weighted by Gasteiger charge is 2.39. The lowest BCUT2D eigenvalue weighted by molar-refractivity contribution is -0.124. The van der Waals surface area contributed by atoms with Crippen LogP contribution in [0, 0.1) is 0 Å². The maximum Gasteiger partial charge on any atom is 0.237 e. The fraction of sp³-hybridized carbons (Fsp3) is 0.909. The Morgan fingerprint density at radius 2 is 2.18 bits per heavy atom. The molecule has 6 heteroatoms. The molecule has 1 aliphatic rings. The first-order chi connectivity index (χ1) is 7.78. The summed E-state index contributed by atoms with van der Waals surface area (Å²) >= 11 is 0. The average molecular weight is 262 g/mol. The van der Waals surface area contributed by atoms with Crippen molar-refractivity contribution < 1.29 is 13.2 Å². The molecule has 1 aliphatic heterocycles. The number of amides is 1. The van der Waals surface area contributed by atoms with Crippen LogP contribution < -0.4 is 11.1 Å². The number of hydrogen-bond acceptors (Lipinski definition) is 4. The third-order valence-corrected chi connectivity index (χ3v) is 5.04. The van der Waals surface area contributed by atoms with Gasteiger partial charge in [-0.2, -0.15) is 0 Å². The molecule has 1 unspecified atom stereocenters. The van der Waals surface area contributed by atoms with Crippen molar-refractivity contribution in [1.29, 1.82) is 0 Å². The number of nitrogens with one attached hydrogen (secondary N) is 1. The largest absolute Gasteiger partial charge is 0.349 e. The SMILES string of the molecule is CCCC[C@H](N)C(=O)NC1(C)CCS(=O)(=O)C1. The van der Waals surface area contributed by atoms with Gasteiger partial charge in [-0.05, 0) is 19.8 Å². The van der Waals surface area contributed by atoms with E-state index < -0.39 is 21.4 Å². The minimum atomic E-state index is -3.00. The second kappa shape index (κ2) is 5.35. The highest BCUT2D eigenvalue weighted by Crippen LogP contribution is 2.22. The van der Waals surface area contributed by atoms with Crippen LogP contribution in [0.2, 0.25) is 0 Å². The standard InChI is InChI=1S/C11H22N2O3S/c1-3-4-5-9(12)10(14)13-11(2)6-7-17(15,16)8-11/h9H,3-8,12H2,1-2H3,(H,13,14)/t9-,11?/m0/s1. The van der Waals surface area contributed by atoms with E-state index in [0.29, 0.717) is 12.8 Å². The maximum atomic E-state index is 11.8. The minimum absolute atomic E-state index is 0.0201. The van der Waals surface area contributed by atoms with Crippen LogP contribution in [0.15, 0.2) is 0 Å². The van der Waals surface area contributed by atoms with Gasteiger partial charge in [0, 0.05) is 0 Å². The molecule has 1 amide bonds. The first kappa shape index (κ1) is 14.4. The van der Waals surface area contributed by atoms with E-state index in [-0.39, 0.29) is 17.4 Å². The summed E-state index contributed by atoms with van der Waals surface area (Å²) in [6.45, 7) is 3.80. The van der Waals surface area contributed by atoms with Crippen molar-refractivity contribution in [2.75, 3.05) is 11.5 Å². The van der Waals surface area contributed by atoms with Crippen LogP contribution in [0.4, 0.5) is 0 Å². The minimum Gasteiger partial charge on any atom is -0.349 e. The van der Waals surface area contributed by atoms with Crippen LogP contribution in [0.3, 0.4) is 0 Å². The van der Waals surface area contributed by atoms with Crippen LogP contribution in [-0.4, -0.2) is 37.4 Å². The van der Waals surface area contributed by atoms with Gasteiger partial charge in [0.05, 0.1) is 23.1 Å². The molecule has 1 saturated heterocycles. The zero-order chi connectivity index (χ0) is 13.1. The van der Waals surface area contributed by atoms with Gasteiger partial charge in [0.25, 0.3) is 0 Å².